The topological polar surface area (TPSA) is 374 Å². The van der Waals surface area contributed by atoms with E-state index in [2.05, 4.69) is 44.9 Å². The maximum atomic E-state index is 16.3. The molecular weight excluding hydrogens is 1340 g/mol. The molecular formula is C63H61Cl2N15O15P2. The van der Waals surface area contributed by atoms with Crippen molar-refractivity contribution in [3.8, 4) is 23.0 Å². The third kappa shape index (κ3) is 13.2. The lowest BCUT2D eigenvalue weighted by Gasteiger charge is -2.37. The molecule has 11 aromatic rings. The standard InChI is InChI=1S/C63H61Cl2N15O15P2/c1-84-39-20-16-37(17-21-39)63(36-10-4-3-5-11-36,38-18-22-40(85-2)23-19-38)86-27-49-46(25-52(90-49)79-34-76-55-58(67)70-31-73-61(55)79)94-97(83,93-45-15-9-7-13-42(45)65)88-29-50-47(26-53(91-50)80-35-77-56-59(68)71-32-74-62(56)80)95-96(82,92-44-14-8-6-12-41(44)64)87-28-48-43(81)24-51(89-48)78-33-75-54-57(66)69-30-72-60(54)78/h3-23,30-35,43,46-53,81H,24-29H2,1-2H3,(H2,66,69,72)(H2,67,70,73)(H2,68,71,74)/t43-,46-,47-,48+,49+,50+,51+,52+,53+,96?,97?/m0/s1. The van der Waals surface area contributed by atoms with Crippen LogP contribution in [0.3, 0.4) is 0 Å². The fraction of sp³-hybridized carbons (Fsp3) is 0.286. The van der Waals surface area contributed by atoms with Crippen LogP contribution >= 0.6 is 38.8 Å². The molecule has 0 amide bonds. The Balaban J connectivity index is 0.811. The molecule has 0 bridgehead atoms. The normalized spacial score (nSPS) is 22.4. The first-order chi connectivity index (χ1) is 47.1. The molecule has 0 saturated carbocycles. The Bertz CT molecular complexity index is 4670. The third-order valence-electron chi connectivity index (χ3n) is 16.7. The average Bonchev–Trinajstić information content (AvgIpc) is 1.03. The number of ether oxygens (including phenoxy) is 6. The van der Waals surface area contributed by atoms with E-state index in [-0.39, 0.29) is 76.0 Å². The number of phosphoric acid groups is 2. The number of imidazole rings is 3. The minimum absolute atomic E-state index is 0.0383. The molecule has 30 nitrogen and oxygen atoms in total. The van der Waals surface area contributed by atoms with E-state index in [1.54, 1.807) is 52.2 Å². The van der Waals surface area contributed by atoms with Crippen molar-refractivity contribution in [1.29, 1.82) is 0 Å². The summed E-state index contributed by atoms with van der Waals surface area (Å²) in [6.07, 6.45) is -2.11. The molecule has 3 aliphatic heterocycles. The van der Waals surface area contributed by atoms with Crippen molar-refractivity contribution in [3.63, 3.8) is 0 Å². The second kappa shape index (κ2) is 27.5. The van der Waals surface area contributed by atoms with Crippen LogP contribution in [0.15, 0.2) is 165 Å². The molecule has 7 N–H and O–H groups in total. The summed E-state index contributed by atoms with van der Waals surface area (Å²) in [7, 11) is -6.91. The van der Waals surface area contributed by atoms with Gasteiger partial charge in [0, 0.05) is 19.3 Å². The highest BCUT2D eigenvalue weighted by Gasteiger charge is 2.51. The van der Waals surface area contributed by atoms with Gasteiger partial charge in [0.1, 0.15) is 113 Å². The summed E-state index contributed by atoms with van der Waals surface area (Å²) >= 11 is 13.5. The van der Waals surface area contributed by atoms with Crippen LogP contribution < -0.4 is 35.7 Å². The van der Waals surface area contributed by atoms with Crippen LogP contribution in [0.4, 0.5) is 17.5 Å². The molecule has 34 heteroatoms. The van der Waals surface area contributed by atoms with Gasteiger partial charge >= 0.3 is 15.6 Å². The number of halogens is 2. The number of hydrogen-bond donors (Lipinski definition) is 4. The molecule has 14 rings (SSSR count). The van der Waals surface area contributed by atoms with Crippen LogP contribution in [0.25, 0.3) is 33.5 Å². The molecule has 2 unspecified atom stereocenters. The van der Waals surface area contributed by atoms with E-state index in [0.29, 0.717) is 45.0 Å². The Morgan fingerprint density at radius 3 is 1.31 bits per heavy atom. The van der Waals surface area contributed by atoms with Crippen molar-refractivity contribution < 1.29 is 69.8 Å². The Kier molecular flexibility index (Phi) is 18.5. The molecule has 3 aliphatic rings. The number of fused-ring (bicyclic) bond motifs is 3. The van der Waals surface area contributed by atoms with Gasteiger partial charge in [0.05, 0.1) is 69.2 Å². The number of aromatic nitrogens is 12. The molecule has 3 fully saturated rings. The minimum Gasteiger partial charge on any atom is -0.497 e. The zero-order valence-electron chi connectivity index (χ0n) is 51.4. The quantitative estimate of drug-likeness (QED) is 0.0305. The molecule has 97 heavy (non-hydrogen) atoms. The number of rotatable bonds is 25. The predicted octanol–water partition coefficient (Wildman–Crippen LogP) is 9.99. The first kappa shape index (κ1) is 65.3. The van der Waals surface area contributed by atoms with Crippen LogP contribution in [0, 0.1) is 0 Å². The number of aliphatic hydroxyl groups excluding tert-OH is 1. The third-order valence-corrected chi connectivity index (χ3v) is 20.2. The largest absolute Gasteiger partial charge is 0.530 e. The van der Waals surface area contributed by atoms with Crippen molar-refractivity contribution in [2.24, 2.45) is 0 Å². The minimum atomic E-state index is -5.09. The van der Waals surface area contributed by atoms with Gasteiger partial charge in [-0.25, -0.2) is 54.0 Å². The van der Waals surface area contributed by atoms with Crippen molar-refractivity contribution in [2.45, 2.75) is 80.2 Å². The second-order valence-electron chi connectivity index (χ2n) is 22.5. The molecule has 5 aromatic carbocycles. The van der Waals surface area contributed by atoms with Gasteiger partial charge in [-0.3, -0.25) is 31.8 Å². The summed E-state index contributed by atoms with van der Waals surface area (Å²) in [6.45, 7) is -1.50. The maximum Gasteiger partial charge on any atom is 0.530 e. The van der Waals surface area contributed by atoms with E-state index in [4.69, 9.17) is 96.0 Å². The number of benzene rings is 5. The molecule has 0 aliphatic carbocycles. The van der Waals surface area contributed by atoms with E-state index in [0.717, 1.165) is 5.56 Å². The smallest absolute Gasteiger partial charge is 0.497 e. The molecule has 0 spiro atoms. The number of hydrogen-bond acceptors (Lipinski definition) is 27. The summed E-state index contributed by atoms with van der Waals surface area (Å²) in [5.74, 6) is 1.39. The van der Waals surface area contributed by atoms with E-state index in [1.807, 2.05) is 78.9 Å². The van der Waals surface area contributed by atoms with Gasteiger partial charge in [-0.15, -0.1) is 0 Å². The van der Waals surface area contributed by atoms with Gasteiger partial charge in [0.25, 0.3) is 0 Å². The second-order valence-corrected chi connectivity index (χ2v) is 26.4. The number of phosphoric ester groups is 2. The predicted molar refractivity (Wildman–Crippen MR) is 350 cm³/mol. The van der Waals surface area contributed by atoms with Crippen LogP contribution in [-0.4, -0.2) is 134 Å². The lowest BCUT2D eigenvalue weighted by atomic mass is 9.80. The van der Waals surface area contributed by atoms with Gasteiger partial charge < -0.3 is 59.8 Å². The Morgan fingerprint density at radius 1 is 0.495 bits per heavy atom. The number of nitrogen functional groups attached to an aromatic ring is 3. The molecule has 11 atom stereocenters. The fourth-order valence-electron chi connectivity index (χ4n) is 11.9. The summed E-state index contributed by atoms with van der Waals surface area (Å²) in [6, 6.07) is 37.1. The molecule has 0 radical (unpaired) electrons. The van der Waals surface area contributed by atoms with Crippen molar-refractivity contribution >= 4 is 89.8 Å². The van der Waals surface area contributed by atoms with E-state index in [9.17, 15) is 5.11 Å². The SMILES string of the molecule is COc1ccc(C(OC[C@H]2O[C@@H](n3cnc4c(N)ncnc43)C[C@@H]2OP(=O)(OC[C@H]2O[C@@H](n3cnc4c(N)ncnc43)C[C@@H]2OP(=O)(OC[C@H]2O[C@@H](n3cnc4c(N)ncnc43)C[C@@H]2O)Oc2ccccc2Cl)Oc2ccccc2Cl)(c2ccccc2)c2ccc(OC)cc2)cc1. The van der Waals surface area contributed by atoms with Crippen LogP contribution in [0.2, 0.25) is 10.0 Å². The average molecular weight is 1400 g/mol. The van der Waals surface area contributed by atoms with Gasteiger partial charge in [0.2, 0.25) is 0 Å². The van der Waals surface area contributed by atoms with E-state index >= 15 is 9.13 Å². The van der Waals surface area contributed by atoms with Gasteiger partial charge in [0.15, 0.2) is 34.4 Å². The fourth-order valence-corrected chi connectivity index (χ4v) is 15.3. The van der Waals surface area contributed by atoms with Gasteiger partial charge in [-0.1, -0.05) is 102 Å². The van der Waals surface area contributed by atoms with Crippen molar-refractivity contribution in [3.05, 3.63) is 192 Å². The summed E-state index contributed by atoms with van der Waals surface area (Å²) < 4.78 is 114. The summed E-state index contributed by atoms with van der Waals surface area (Å²) in [5, 5.41) is 11.6. The Morgan fingerprint density at radius 2 is 0.876 bits per heavy atom. The number of nitrogens with zero attached hydrogens (tertiary/aromatic N) is 12. The number of para-hydroxylation sites is 2. The monoisotopic (exact) mass is 1400 g/mol. The van der Waals surface area contributed by atoms with Crippen LogP contribution in [-0.2, 0) is 51.8 Å². The van der Waals surface area contributed by atoms with Crippen molar-refractivity contribution in [1.82, 2.24) is 58.6 Å². The Hall–Kier alpha value is -8.97. The van der Waals surface area contributed by atoms with E-state index in [1.165, 1.54) is 62.2 Å². The first-order valence-electron chi connectivity index (χ1n) is 30.2. The maximum absolute atomic E-state index is 16.3. The zero-order chi connectivity index (χ0) is 67.0. The number of aliphatic hydroxyl groups is 1. The van der Waals surface area contributed by atoms with Crippen LogP contribution in [0.1, 0.15) is 54.6 Å². The number of methoxy groups -OCH3 is 2. The number of anilines is 3. The summed E-state index contributed by atoms with van der Waals surface area (Å²) in [5.41, 5.74) is 21.3. The molecule has 3 saturated heterocycles. The lowest BCUT2D eigenvalue weighted by Crippen LogP contribution is -2.38. The van der Waals surface area contributed by atoms with E-state index < -0.39 is 89.8 Å². The molecule has 9 heterocycles. The summed E-state index contributed by atoms with van der Waals surface area (Å²) in [4.78, 5) is 38.9. The zero-order valence-corrected chi connectivity index (χ0v) is 54.7. The molecule has 6 aromatic heterocycles. The highest BCUT2D eigenvalue weighted by Crippen LogP contribution is 2.58. The highest BCUT2D eigenvalue weighted by molar-refractivity contribution is 7.49. The van der Waals surface area contributed by atoms with Crippen molar-refractivity contribution in [2.75, 3.05) is 51.2 Å². The lowest BCUT2D eigenvalue weighted by molar-refractivity contribution is -0.0936. The van der Waals surface area contributed by atoms with Crippen LogP contribution in [0.5, 0.6) is 23.0 Å². The first-order valence-corrected chi connectivity index (χ1v) is 33.9. The van der Waals surface area contributed by atoms with Gasteiger partial charge in [-0.05, 0) is 65.2 Å². The molecule has 502 valence electrons. The highest BCUT2D eigenvalue weighted by atomic mass is 35.5. The Labute approximate surface area is 562 Å². The van der Waals surface area contributed by atoms with Gasteiger partial charge in [-0.2, -0.15) is 0 Å². The number of nitrogens with two attached hydrogens (primary N) is 3.